The molecule has 0 spiro atoms. The minimum absolute atomic E-state index is 0.0124. The second-order valence-corrected chi connectivity index (χ2v) is 12.6. The van der Waals surface area contributed by atoms with E-state index in [2.05, 4.69) is 5.32 Å². The van der Waals surface area contributed by atoms with Crippen LogP contribution in [0.2, 0.25) is 5.02 Å². The molecule has 0 aliphatic carbocycles. The predicted molar refractivity (Wildman–Crippen MR) is 147 cm³/mol. The fourth-order valence-electron chi connectivity index (χ4n) is 4.02. The second-order valence-electron chi connectivity index (χ2n) is 10.3. The molecule has 0 fully saturated rings. The zero-order valence-electron chi connectivity index (χ0n) is 22.7. The smallest absolute Gasteiger partial charge is 0.350 e. The summed E-state index contributed by atoms with van der Waals surface area (Å²) in [5.74, 6) is -0.754. The Morgan fingerprint density at radius 2 is 1.69 bits per heavy atom. The van der Waals surface area contributed by atoms with Crippen LogP contribution in [0, 0.1) is 0 Å². The molecule has 0 bridgehead atoms. The second kappa shape index (κ2) is 13.0. The first-order valence-corrected chi connectivity index (χ1v) is 14.7. The van der Waals surface area contributed by atoms with Crippen LogP contribution in [0.3, 0.4) is 0 Å². The van der Waals surface area contributed by atoms with E-state index in [9.17, 15) is 31.2 Å². The summed E-state index contributed by atoms with van der Waals surface area (Å²) in [6.07, 6.45) is -3.56. The average molecular weight is 590 g/mol. The number of hydrogen-bond acceptors (Lipinski definition) is 4. The fraction of sp³-hybridized carbons (Fsp3) is 0.481. The predicted octanol–water partition coefficient (Wildman–Crippen LogP) is 5.63. The van der Waals surface area contributed by atoms with Crippen molar-refractivity contribution in [2.75, 3.05) is 17.1 Å². The lowest BCUT2D eigenvalue weighted by Gasteiger charge is -2.33. The zero-order valence-corrected chi connectivity index (χ0v) is 24.3. The molecule has 2 rings (SSSR count). The van der Waals surface area contributed by atoms with E-state index in [-0.39, 0.29) is 37.5 Å². The molecule has 0 saturated carbocycles. The van der Waals surface area contributed by atoms with Gasteiger partial charge in [0.15, 0.2) is 0 Å². The van der Waals surface area contributed by atoms with E-state index in [1.54, 1.807) is 31.2 Å². The number of amides is 2. The Morgan fingerprint density at radius 3 is 2.23 bits per heavy atom. The summed E-state index contributed by atoms with van der Waals surface area (Å²) in [7, 11) is -3.95. The average Bonchev–Trinajstić information content (AvgIpc) is 2.80. The topological polar surface area (TPSA) is 86.8 Å². The van der Waals surface area contributed by atoms with Crippen LogP contribution in [-0.2, 0) is 32.3 Å². The first-order valence-electron chi connectivity index (χ1n) is 12.4. The Bertz CT molecular complexity index is 1260. The van der Waals surface area contributed by atoms with Gasteiger partial charge >= 0.3 is 6.18 Å². The maximum atomic E-state index is 13.5. The van der Waals surface area contributed by atoms with Crippen molar-refractivity contribution in [1.82, 2.24) is 10.2 Å². The van der Waals surface area contributed by atoms with E-state index in [4.69, 9.17) is 11.6 Å². The number of carbonyl (C=O) groups excluding carboxylic acids is 2. The standard InChI is InChI=1S/C27H35ClF3N3O4S/c1-6-23(25(36)32-26(2,3)4)33(18-19-11-7-8-14-22(19)28)24(35)15-10-16-34(39(5,37)38)21-13-9-12-20(17-21)27(29,30)31/h7-9,11-14,17,23H,6,10,15-16,18H2,1-5H3,(H,32,36). The van der Waals surface area contributed by atoms with Crippen LogP contribution in [0.5, 0.6) is 0 Å². The lowest BCUT2D eigenvalue weighted by atomic mass is 10.0. The van der Waals surface area contributed by atoms with Crippen LogP contribution in [0.25, 0.3) is 0 Å². The van der Waals surface area contributed by atoms with Gasteiger partial charge in [0.2, 0.25) is 21.8 Å². The summed E-state index contributed by atoms with van der Waals surface area (Å²) >= 11 is 6.32. The molecule has 0 heterocycles. The largest absolute Gasteiger partial charge is 0.416 e. The highest BCUT2D eigenvalue weighted by Crippen LogP contribution is 2.32. The van der Waals surface area contributed by atoms with Gasteiger partial charge in [-0.1, -0.05) is 42.8 Å². The molecular formula is C27H35ClF3N3O4S. The number of benzene rings is 2. The molecule has 0 aliphatic heterocycles. The number of sulfonamides is 1. The van der Waals surface area contributed by atoms with Gasteiger partial charge in [0.25, 0.3) is 0 Å². The number of anilines is 1. The van der Waals surface area contributed by atoms with Gasteiger partial charge in [-0.15, -0.1) is 0 Å². The number of alkyl halides is 3. The van der Waals surface area contributed by atoms with Crippen molar-refractivity contribution in [2.24, 2.45) is 0 Å². The highest BCUT2D eigenvalue weighted by atomic mass is 35.5. The molecule has 39 heavy (non-hydrogen) atoms. The number of nitrogens with one attached hydrogen (secondary N) is 1. The molecule has 1 unspecified atom stereocenters. The molecule has 216 valence electrons. The molecule has 0 radical (unpaired) electrons. The van der Waals surface area contributed by atoms with Crippen LogP contribution in [-0.4, -0.2) is 49.5 Å². The zero-order chi connectivity index (χ0) is 29.6. The fourth-order valence-corrected chi connectivity index (χ4v) is 5.18. The molecule has 0 aliphatic rings. The van der Waals surface area contributed by atoms with Crippen LogP contribution < -0.4 is 9.62 Å². The highest BCUT2D eigenvalue weighted by molar-refractivity contribution is 7.92. The van der Waals surface area contributed by atoms with Gasteiger partial charge in [-0.3, -0.25) is 13.9 Å². The Labute approximate surface area is 233 Å². The first kappa shape index (κ1) is 32.4. The van der Waals surface area contributed by atoms with Crippen molar-refractivity contribution in [2.45, 2.75) is 71.3 Å². The van der Waals surface area contributed by atoms with E-state index in [0.29, 0.717) is 17.0 Å². The van der Waals surface area contributed by atoms with Crippen LogP contribution in [0.1, 0.15) is 58.1 Å². The third kappa shape index (κ3) is 9.72. The van der Waals surface area contributed by atoms with E-state index in [1.807, 2.05) is 20.8 Å². The van der Waals surface area contributed by atoms with Gasteiger partial charge < -0.3 is 10.2 Å². The van der Waals surface area contributed by atoms with Crippen molar-refractivity contribution in [3.63, 3.8) is 0 Å². The van der Waals surface area contributed by atoms with Gasteiger partial charge in [0.05, 0.1) is 17.5 Å². The minimum atomic E-state index is -4.64. The Hall–Kier alpha value is -2.79. The molecule has 1 N–H and O–H groups in total. The summed E-state index contributed by atoms with van der Waals surface area (Å²) in [5, 5.41) is 3.32. The van der Waals surface area contributed by atoms with Gasteiger partial charge in [0, 0.05) is 30.1 Å². The Balaban J connectivity index is 2.29. The van der Waals surface area contributed by atoms with Gasteiger partial charge in [-0.2, -0.15) is 13.2 Å². The maximum absolute atomic E-state index is 13.5. The Morgan fingerprint density at radius 1 is 1.05 bits per heavy atom. The number of hydrogen-bond donors (Lipinski definition) is 1. The summed E-state index contributed by atoms with van der Waals surface area (Å²) in [6, 6.07) is 10.1. The van der Waals surface area contributed by atoms with Crippen LogP contribution >= 0.6 is 11.6 Å². The van der Waals surface area contributed by atoms with E-state index in [0.717, 1.165) is 28.8 Å². The number of nitrogens with zero attached hydrogens (tertiary/aromatic N) is 2. The van der Waals surface area contributed by atoms with Crippen molar-refractivity contribution in [3.8, 4) is 0 Å². The molecule has 7 nitrogen and oxygen atoms in total. The third-order valence-corrected chi connectivity index (χ3v) is 7.36. The quantitative estimate of drug-likeness (QED) is 0.368. The third-order valence-electron chi connectivity index (χ3n) is 5.80. The van der Waals surface area contributed by atoms with Gasteiger partial charge in [-0.05, 0) is 63.4 Å². The lowest BCUT2D eigenvalue weighted by Crippen LogP contribution is -2.53. The normalized spacial score (nSPS) is 13.1. The van der Waals surface area contributed by atoms with E-state index in [1.165, 1.54) is 11.0 Å². The van der Waals surface area contributed by atoms with E-state index < -0.39 is 39.3 Å². The van der Waals surface area contributed by atoms with Crippen molar-refractivity contribution in [1.29, 1.82) is 0 Å². The summed E-state index contributed by atoms with van der Waals surface area (Å²) < 4.78 is 65.3. The van der Waals surface area contributed by atoms with E-state index >= 15 is 0 Å². The van der Waals surface area contributed by atoms with Crippen molar-refractivity contribution < 1.29 is 31.2 Å². The molecule has 1 atom stereocenters. The van der Waals surface area contributed by atoms with Crippen LogP contribution in [0.15, 0.2) is 48.5 Å². The summed E-state index contributed by atoms with van der Waals surface area (Å²) in [5.41, 5.74) is -1.03. The molecule has 2 amide bonds. The number of halogens is 4. The van der Waals surface area contributed by atoms with Crippen LogP contribution in [0.4, 0.5) is 18.9 Å². The highest BCUT2D eigenvalue weighted by Gasteiger charge is 2.33. The molecule has 2 aromatic carbocycles. The minimum Gasteiger partial charge on any atom is -0.350 e. The number of rotatable bonds is 11. The molecule has 0 saturated heterocycles. The molecular weight excluding hydrogens is 555 g/mol. The van der Waals surface area contributed by atoms with Crippen molar-refractivity contribution in [3.05, 3.63) is 64.7 Å². The monoisotopic (exact) mass is 589 g/mol. The van der Waals surface area contributed by atoms with Crippen molar-refractivity contribution >= 4 is 39.1 Å². The lowest BCUT2D eigenvalue weighted by molar-refractivity contribution is -0.142. The van der Waals surface area contributed by atoms with Gasteiger partial charge in [0.1, 0.15) is 6.04 Å². The summed E-state index contributed by atoms with van der Waals surface area (Å²) in [4.78, 5) is 28.0. The Kier molecular flexibility index (Phi) is 10.8. The molecule has 12 heteroatoms. The first-order chi connectivity index (χ1) is 17.9. The summed E-state index contributed by atoms with van der Waals surface area (Å²) in [6.45, 7) is 7.08. The molecule has 0 aromatic heterocycles. The number of carbonyl (C=O) groups is 2. The SMILES string of the molecule is CCC(C(=O)NC(C)(C)C)N(Cc1ccccc1Cl)C(=O)CCCN(c1cccc(C(F)(F)F)c1)S(C)(=O)=O. The maximum Gasteiger partial charge on any atom is 0.416 e. The van der Waals surface area contributed by atoms with Gasteiger partial charge in [-0.25, -0.2) is 8.42 Å². The molecule has 2 aromatic rings.